The van der Waals surface area contributed by atoms with Crippen LogP contribution in [0.4, 0.5) is 0 Å². The van der Waals surface area contributed by atoms with E-state index in [9.17, 15) is 8.42 Å². The quantitative estimate of drug-likeness (QED) is 0.184. The number of hydrogen-bond acceptors (Lipinski definition) is 3. The Balaban J connectivity index is 0.00000166. The standard InChI is InChI=1S/C24H27N2O2S.CH3.ClH.Ru/c1-29(27,28)26-24(22-17-9-4-10-18-22)23(21-15-7-3-8-16-21)25-19-11-14-20-12-5-2-6-13-20;;;/h2-10,12-13,15-18,23-25H,11,14,19H2,1H3;1H3;1H;/q2*-1;;+4/p-1/t23-,24-;;;/m0.../s1. The maximum atomic E-state index is 12.1. The number of benzene rings is 3. The second-order valence-electron chi connectivity index (χ2n) is 7.13. The van der Waals surface area contributed by atoms with Crippen LogP contribution in [0.2, 0.25) is 0 Å². The number of nitrogens with one attached hydrogen (secondary N) is 1. The Hall–Kier alpha value is -1.56. The number of nitrogens with zero attached hydrogens (tertiary/aromatic N) is 1. The minimum atomic E-state index is -3.51. The van der Waals surface area contributed by atoms with Crippen LogP contribution in [0.25, 0.3) is 4.72 Å². The van der Waals surface area contributed by atoms with Gasteiger partial charge in [0.05, 0.1) is 10.0 Å². The van der Waals surface area contributed by atoms with Crippen LogP contribution in [0.5, 0.6) is 0 Å². The number of sulfonamides is 1. The van der Waals surface area contributed by atoms with Gasteiger partial charge in [0.2, 0.25) is 0 Å². The molecule has 0 aliphatic carbocycles. The van der Waals surface area contributed by atoms with E-state index < -0.39 is 16.1 Å². The number of rotatable bonds is 10. The van der Waals surface area contributed by atoms with Crippen LogP contribution in [0.3, 0.4) is 0 Å². The first kappa shape index (κ1) is 28.5. The van der Waals surface area contributed by atoms with E-state index in [-0.39, 0.29) is 13.5 Å². The molecule has 4 nitrogen and oxygen atoms in total. The van der Waals surface area contributed by atoms with Crippen LogP contribution in [-0.4, -0.2) is 21.2 Å². The second kappa shape index (κ2) is 15.3. The summed E-state index contributed by atoms with van der Waals surface area (Å²) in [6.07, 6.45) is 3.07. The van der Waals surface area contributed by atoms with Gasteiger partial charge < -0.3 is 17.5 Å². The molecule has 0 amide bonds. The SMILES string of the molecule is CS(=O)(=O)[N-][C@@H](c1ccccc1)[C@@H](NCCCc1ccccc1)c1ccccc1.[CH3-].[Cl][Ru+3]. The molecule has 2 atom stereocenters. The van der Waals surface area contributed by atoms with E-state index in [0.717, 1.165) is 36.8 Å². The summed E-state index contributed by atoms with van der Waals surface area (Å²) in [6, 6.07) is 29.2. The van der Waals surface area contributed by atoms with Crippen molar-refractivity contribution in [2.24, 2.45) is 0 Å². The van der Waals surface area contributed by atoms with Crippen LogP contribution in [0, 0.1) is 7.43 Å². The molecule has 3 aromatic rings. The van der Waals surface area contributed by atoms with Gasteiger partial charge in [-0.05, 0) is 30.5 Å². The van der Waals surface area contributed by atoms with Gasteiger partial charge in [-0.1, -0.05) is 103 Å². The molecule has 0 fully saturated rings. The molecule has 0 bridgehead atoms. The predicted octanol–water partition coefficient (Wildman–Crippen LogP) is 6.16. The maximum absolute atomic E-state index is 12.1. The molecule has 0 aromatic heterocycles. The zero-order valence-electron chi connectivity index (χ0n) is 18.3. The first-order chi connectivity index (χ1) is 15.0. The molecule has 3 aromatic carbocycles. The summed E-state index contributed by atoms with van der Waals surface area (Å²) in [5, 5.41) is 3.57. The topological polar surface area (TPSA) is 60.3 Å². The van der Waals surface area contributed by atoms with Crippen molar-refractivity contribution in [1.82, 2.24) is 5.32 Å². The van der Waals surface area contributed by atoms with Crippen molar-refractivity contribution >= 4 is 19.7 Å². The molecule has 0 radical (unpaired) electrons. The summed E-state index contributed by atoms with van der Waals surface area (Å²) in [6.45, 7) is 0.761. The van der Waals surface area contributed by atoms with Crippen molar-refractivity contribution in [3.8, 4) is 0 Å². The van der Waals surface area contributed by atoms with Crippen molar-refractivity contribution in [2.75, 3.05) is 12.8 Å². The van der Waals surface area contributed by atoms with Crippen LogP contribution >= 0.6 is 9.69 Å². The Labute approximate surface area is 207 Å². The predicted molar refractivity (Wildman–Crippen MR) is 132 cm³/mol. The van der Waals surface area contributed by atoms with Crippen molar-refractivity contribution in [3.63, 3.8) is 0 Å². The molecule has 0 saturated carbocycles. The Morgan fingerprint density at radius 1 is 0.844 bits per heavy atom. The van der Waals surface area contributed by atoms with Crippen LogP contribution in [-0.2, 0) is 33.8 Å². The van der Waals surface area contributed by atoms with E-state index in [1.54, 1.807) is 0 Å². The van der Waals surface area contributed by atoms with Crippen molar-refractivity contribution < 1.29 is 25.7 Å². The zero-order chi connectivity index (χ0) is 22.5. The Morgan fingerprint density at radius 3 is 1.81 bits per heavy atom. The summed E-state index contributed by atoms with van der Waals surface area (Å²) >= 11 is 1.82. The van der Waals surface area contributed by atoms with E-state index in [2.05, 4.69) is 31.9 Å². The normalized spacial score (nSPS) is 12.6. The first-order valence-electron chi connectivity index (χ1n) is 9.95. The van der Waals surface area contributed by atoms with E-state index in [1.807, 2.05) is 96.2 Å². The average Bonchev–Trinajstić information content (AvgIpc) is 2.80. The van der Waals surface area contributed by atoms with Gasteiger partial charge in [0.15, 0.2) is 0 Å². The summed E-state index contributed by atoms with van der Waals surface area (Å²) in [5.41, 5.74) is 3.20. The van der Waals surface area contributed by atoms with E-state index in [1.165, 1.54) is 5.56 Å². The van der Waals surface area contributed by atoms with Crippen molar-refractivity contribution in [2.45, 2.75) is 24.9 Å². The molecular weight excluding hydrogens is 529 g/mol. The average molecular weight is 559 g/mol. The zero-order valence-corrected chi connectivity index (χ0v) is 21.7. The van der Waals surface area contributed by atoms with Gasteiger partial charge >= 0.3 is 27.0 Å². The molecule has 0 aliphatic rings. The Morgan fingerprint density at radius 2 is 1.31 bits per heavy atom. The van der Waals surface area contributed by atoms with Crippen LogP contribution in [0.15, 0.2) is 91.0 Å². The third-order valence-corrected chi connectivity index (χ3v) is 5.38. The number of hydrogen-bond donors (Lipinski definition) is 1. The van der Waals surface area contributed by atoms with Crippen molar-refractivity contribution in [3.05, 3.63) is 120 Å². The van der Waals surface area contributed by atoms with Gasteiger partial charge in [-0.2, -0.15) is 0 Å². The molecular formula is C25H30ClN2O2RuS+. The number of aryl methyl sites for hydroxylation is 1. The van der Waals surface area contributed by atoms with Crippen LogP contribution < -0.4 is 5.32 Å². The van der Waals surface area contributed by atoms with E-state index >= 15 is 0 Å². The molecule has 0 unspecified atom stereocenters. The summed E-state index contributed by atoms with van der Waals surface area (Å²) in [7, 11) is 1.06. The third kappa shape index (κ3) is 9.93. The fourth-order valence-corrected chi connectivity index (χ4v) is 4.09. The molecule has 1 N–H and O–H groups in total. The van der Waals surface area contributed by atoms with Gasteiger partial charge in [0, 0.05) is 12.3 Å². The molecule has 0 heterocycles. The molecule has 7 heteroatoms. The molecule has 172 valence electrons. The van der Waals surface area contributed by atoms with Crippen LogP contribution in [0.1, 0.15) is 35.2 Å². The Kier molecular flexibility index (Phi) is 13.6. The molecule has 3 rings (SSSR count). The minimum absolute atomic E-state index is 0. The van der Waals surface area contributed by atoms with E-state index in [4.69, 9.17) is 0 Å². The van der Waals surface area contributed by atoms with Crippen molar-refractivity contribution in [1.29, 1.82) is 0 Å². The van der Waals surface area contributed by atoms with E-state index in [0.29, 0.717) is 0 Å². The third-order valence-electron chi connectivity index (χ3n) is 4.77. The van der Waals surface area contributed by atoms with Gasteiger partial charge in [-0.3, -0.25) is 0 Å². The fraction of sp³-hybridized carbons (Fsp3) is 0.240. The summed E-state index contributed by atoms with van der Waals surface area (Å²) in [5.74, 6) is 0. The molecule has 32 heavy (non-hydrogen) atoms. The van der Waals surface area contributed by atoms with Gasteiger partial charge in [0.1, 0.15) is 0 Å². The Bertz CT molecular complexity index is 975. The fourth-order valence-electron chi connectivity index (χ4n) is 3.44. The summed E-state index contributed by atoms with van der Waals surface area (Å²) < 4.78 is 28.3. The second-order valence-corrected chi connectivity index (χ2v) is 8.80. The van der Waals surface area contributed by atoms with Gasteiger partial charge in [-0.25, -0.2) is 8.42 Å². The molecule has 0 spiro atoms. The molecule has 0 aliphatic heterocycles. The summed E-state index contributed by atoms with van der Waals surface area (Å²) in [4.78, 5) is 0. The number of halogens is 1. The molecule has 0 saturated heterocycles. The van der Waals surface area contributed by atoms with Gasteiger partial charge in [-0.15, -0.1) is 0 Å². The first-order valence-corrected chi connectivity index (χ1v) is 14.0. The van der Waals surface area contributed by atoms with Gasteiger partial charge in [0.25, 0.3) is 0 Å². The monoisotopic (exact) mass is 559 g/mol.